The molecule has 1 amide bonds. The average molecular weight is 346 g/mol. The molecule has 132 valence electrons. The summed E-state index contributed by atoms with van der Waals surface area (Å²) in [6, 6.07) is 8.14. The number of hydrogen-bond acceptors (Lipinski definition) is 7. The van der Waals surface area contributed by atoms with Crippen molar-refractivity contribution in [1.82, 2.24) is 5.43 Å². The van der Waals surface area contributed by atoms with Gasteiger partial charge < -0.3 is 18.6 Å². The van der Waals surface area contributed by atoms with Crippen LogP contribution in [0.15, 0.2) is 46.1 Å². The van der Waals surface area contributed by atoms with E-state index in [0.29, 0.717) is 17.1 Å². The molecule has 1 heterocycles. The van der Waals surface area contributed by atoms with E-state index in [1.165, 1.54) is 25.7 Å². The number of nitrogens with zero attached hydrogens (tertiary/aromatic N) is 1. The molecule has 25 heavy (non-hydrogen) atoms. The number of hydrogen-bond donors (Lipinski definition) is 1. The molecule has 0 aliphatic carbocycles. The molecular formula is C17H18N2O6. The van der Waals surface area contributed by atoms with Gasteiger partial charge in [0, 0.05) is 0 Å². The van der Waals surface area contributed by atoms with E-state index < -0.39 is 11.9 Å². The van der Waals surface area contributed by atoms with E-state index in [0.717, 1.165) is 0 Å². The van der Waals surface area contributed by atoms with Crippen molar-refractivity contribution in [3.8, 4) is 11.5 Å². The predicted octanol–water partition coefficient (Wildman–Crippen LogP) is 1.99. The molecule has 2 rings (SSSR count). The molecule has 0 saturated heterocycles. The second-order valence-electron chi connectivity index (χ2n) is 4.68. The number of amides is 1. The summed E-state index contributed by atoms with van der Waals surface area (Å²) in [5, 5.41) is 3.85. The number of rotatable bonds is 8. The van der Waals surface area contributed by atoms with Gasteiger partial charge in [-0.2, -0.15) is 5.10 Å². The summed E-state index contributed by atoms with van der Waals surface area (Å²) >= 11 is 0. The Bertz CT molecular complexity index is 740. The maximum absolute atomic E-state index is 11.7. The number of ether oxygens (including phenoxy) is 3. The van der Waals surface area contributed by atoms with Crippen molar-refractivity contribution in [2.24, 2.45) is 5.10 Å². The minimum atomic E-state index is -0.477. The molecule has 1 aromatic carbocycles. The largest absolute Gasteiger partial charge is 0.493 e. The lowest BCUT2D eigenvalue weighted by Crippen LogP contribution is -2.16. The van der Waals surface area contributed by atoms with E-state index in [1.54, 1.807) is 31.2 Å². The van der Waals surface area contributed by atoms with Gasteiger partial charge in [0.2, 0.25) is 0 Å². The van der Waals surface area contributed by atoms with E-state index >= 15 is 0 Å². The third kappa shape index (κ3) is 5.38. The van der Waals surface area contributed by atoms with E-state index in [1.807, 2.05) is 0 Å². The first-order valence-electron chi connectivity index (χ1n) is 7.47. The molecule has 2 aromatic rings. The molecule has 8 heteroatoms. The number of nitrogens with one attached hydrogen (secondary N) is 1. The lowest BCUT2D eigenvalue weighted by molar-refractivity contribution is -0.145. The van der Waals surface area contributed by atoms with Crippen LogP contribution >= 0.6 is 0 Å². The number of esters is 1. The second-order valence-corrected chi connectivity index (χ2v) is 4.68. The standard InChI is InChI=1S/C17H18N2O6/c1-3-23-16(20)11-25-15-9-12(6-7-13(15)22-2)10-18-19-17(21)14-5-4-8-24-14/h4-10H,3,11H2,1-2H3,(H,19,21)/b18-10-. The third-order valence-corrected chi connectivity index (χ3v) is 2.96. The zero-order valence-electron chi connectivity index (χ0n) is 13.9. The fourth-order valence-corrected chi connectivity index (χ4v) is 1.85. The first-order chi connectivity index (χ1) is 12.1. The first-order valence-corrected chi connectivity index (χ1v) is 7.47. The van der Waals surface area contributed by atoms with Gasteiger partial charge in [0.15, 0.2) is 23.9 Å². The Morgan fingerprint density at radius 1 is 1.28 bits per heavy atom. The van der Waals surface area contributed by atoms with Crippen molar-refractivity contribution >= 4 is 18.1 Å². The Morgan fingerprint density at radius 2 is 2.12 bits per heavy atom. The van der Waals surface area contributed by atoms with Crippen LogP contribution in [0.4, 0.5) is 0 Å². The molecule has 0 spiro atoms. The van der Waals surface area contributed by atoms with Crippen LogP contribution in [0.5, 0.6) is 11.5 Å². The maximum atomic E-state index is 11.7. The summed E-state index contributed by atoms with van der Waals surface area (Å²) in [7, 11) is 1.49. The third-order valence-electron chi connectivity index (χ3n) is 2.96. The predicted molar refractivity (Wildman–Crippen MR) is 88.9 cm³/mol. The minimum absolute atomic E-state index is 0.158. The Hall–Kier alpha value is -3.29. The lowest BCUT2D eigenvalue weighted by Gasteiger charge is -2.10. The zero-order valence-corrected chi connectivity index (χ0v) is 13.9. The number of hydrazone groups is 1. The van der Waals surface area contributed by atoms with Gasteiger partial charge in [0.25, 0.3) is 0 Å². The van der Waals surface area contributed by atoms with Crippen LogP contribution in [0.1, 0.15) is 23.0 Å². The Labute approximate surface area is 144 Å². The summed E-state index contributed by atoms with van der Waals surface area (Å²) in [6.07, 6.45) is 2.83. The molecular weight excluding hydrogens is 328 g/mol. The van der Waals surface area contributed by atoms with Crippen LogP contribution in [-0.2, 0) is 9.53 Å². The Kier molecular flexibility index (Phi) is 6.58. The summed E-state index contributed by atoms with van der Waals surface area (Å²) in [6.45, 7) is 1.76. The molecule has 1 aromatic heterocycles. The van der Waals surface area contributed by atoms with Gasteiger partial charge in [-0.15, -0.1) is 0 Å². The highest BCUT2D eigenvalue weighted by Crippen LogP contribution is 2.27. The molecule has 0 fully saturated rings. The number of carbonyl (C=O) groups is 2. The van der Waals surface area contributed by atoms with Gasteiger partial charge in [-0.3, -0.25) is 4.79 Å². The van der Waals surface area contributed by atoms with Crippen molar-refractivity contribution < 1.29 is 28.2 Å². The normalized spacial score (nSPS) is 10.5. The van der Waals surface area contributed by atoms with Crippen LogP contribution in [0.25, 0.3) is 0 Å². The van der Waals surface area contributed by atoms with E-state index in [9.17, 15) is 9.59 Å². The zero-order chi connectivity index (χ0) is 18.1. The highest BCUT2D eigenvalue weighted by molar-refractivity contribution is 5.92. The average Bonchev–Trinajstić information content (AvgIpc) is 3.15. The summed E-state index contributed by atoms with van der Waals surface area (Å²) in [5.41, 5.74) is 2.98. The second kappa shape index (κ2) is 9.11. The number of methoxy groups -OCH3 is 1. The Morgan fingerprint density at radius 3 is 2.80 bits per heavy atom. The molecule has 0 bridgehead atoms. The number of benzene rings is 1. The molecule has 8 nitrogen and oxygen atoms in total. The van der Waals surface area contributed by atoms with Gasteiger partial charge in [0.1, 0.15) is 0 Å². The van der Waals surface area contributed by atoms with Crippen LogP contribution < -0.4 is 14.9 Å². The highest BCUT2D eigenvalue weighted by Gasteiger charge is 2.09. The number of furan rings is 1. The fraction of sp³-hybridized carbons (Fsp3) is 0.235. The van der Waals surface area contributed by atoms with Crippen LogP contribution in [0, 0.1) is 0 Å². The topological polar surface area (TPSA) is 99.4 Å². The van der Waals surface area contributed by atoms with Crippen molar-refractivity contribution in [3.05, 3.63) is 47.9 Å². The van der Waals surface area contributed by atoms with E-state index in [4.69, 9.17) is 18.6 Å². The van der Waals surface area contributed by atoms with Crippen LogP contribution in [-0.4, -0.2) is 38.4 Å². The quantitative estimate of drug-likeness (QED) is 0.446. The fourth-order valence-electron chi connectivity index (χ4n) is 1.85. The van der Waals surface area contributed by atoms with Crippen molar-refractivity contribution in [2.45, 2.75) is 6.92 Å². The molecule has 0 saturated carbocycles. The maximum Gasteiger partial charge on any atom is 0.344 e. The molecule has 0 radical (unpaired) electrons. The molecule has 0 aliphatic rings. The summed E-state index contributed by atoms with van der Waals surface area (Å²) in [5.74, 6) is 0.0335. The summed E-state index contributed by atoms with van der Waals surface area (Å²) < 4.78 is 20.3. The SMILES string of the molecule is CCOC(=O)COc1cc(/C=N\NC(=O)c2ccco2)ccc1OC. The van der Waals surface area contributed by atoms with Gasteiger partial charge >= 0.3 is 11.9 Å². The molecule has 0 unspecified atom stereocenters. The lowest BCUT2D eigenvalue weighted by atomic mass is 10.2. The van der Waals surface area contributed by atoms with Crippen molar-refractivity contribution in [2.75, 3.05) is 20.3 Å². The van der Waals surface area contributed by atoms with Crippen molar-refractivity contribution in [3.63, 3.8) is 0 Å². The van der Waals surface area contributed by atoms with E-state index in [2.05, 4.69) is 10.5 Å². The first kappa shape index (κ1) is 18.1. The van der Waals surface area contributed by atoms with Crippen molar-refractivity contribution in [1.29, 1.82) is 0 Å². The minimum Gasteiger partial charge on any atom is -0.493 e. The molecule has 0 atom stereocenters. The van der Waals surface area contributed by atoms with E-state index in [-0.39, 0.29) is 19.0 Å². The van der Waals surface area contributed by atoms with Gasteiger partial charge in [-0.1, -0.05) is 0 Å². The molecule has 1 N–H and O–H groups in total. The smallest absolute Gasteiger partial charge is 0.344 e. The Balaban J connectivity index is 2.00. The number of carbonyl (C=O) groups excluding carboxylic acids is 2. The van der Waals surface area contributed by atoms with Gasteiger partial charge in [-0.25, -0.2) is 10.2 Å². The van der Waals surface area contributed by atoms with Crippen LogP contribution in [0.2, 0.25) is 0 Å². The molecule has 0 aliphatic heterocycles. The summed E-state index contributed by atoms with van der Waals surface area (Å²) in [4.78, 5) is 23.1. The monoisotopic (exact) mass is 346 g/mol. The van der Waals surface area contributed by atoms with Gasteiger partial charge in [-0.05, 0) is 42.8 Å². The van der Waals surface area contributed by atoms with Crippen LogP contribution in [0.3, 0.4) is 0 Å². The highest BCUT2D eigenvalue weighted by atomic mass is 16.6. The van der Waals surface area contributed by atoms with Gasteiger partial charge in [0.05, 0.1) is 26.2 Å².